The van der Waals surface area contributed by atoms with Crippen molar-refractivity contribution in [2.75, 3.05) is 6.61 Å². The van der Waals surface area contributed by atoms with Gasteiger partial charge in [-0.25, -0.2) is 0 Å². The molecular formula is C13H13NO3. The van der Waals surface area contributed by atoms with Crippen molar-refractivity contribution in [1.82, 2.24) is 4.98 Å². The van der Waals surface area contributed by atoms with Crippen molar-refractivity contribution in [3.05, 3.63) is 53.7 Å². The molecule has 0 saturated heterocycles. The summed E-state index contributed by atoms with van der Waals surface area (Å²) in [5.74, 6) is 0.987. The Kier molecular flexibility index (Phi) is 4.05. The summed E-state index contributed by atoms with van der Waals surface area (Å²) in [4.78, 5) is 14.6. The lowest BCUT2D eigenvalue weighted by molar-refractivity contribution is 0.102. The van der Waals surface area contributed by atoms with Crippen LogP contribution in [0.5, 0.6) is 0 Å². The number of nitrogens with zero attached hydrogens (tertiary/aromatic N) is 1. The Hall–Kier alpha value is -1.94. The predicted molar refractivity (Wildman–Crippen MR) is 61.7 cm³/mol. The van der Waals surface area contributed by atoms with Crippen LogP contribution in [0.1, 0.15) is 22.0 Å². The zero-order valence-electron chi connectivity index (χ0n) is 9.33. The SMILES string of the molecule is O=Cc1ccc(COCCc2ccccn2)o1. The van der Waals surface area contributed by atoms with Crippen molar-refractivity contribution in [1.29, 1.82) is 0 Å². The Morgan fingerprint density at radius 2 is 2.24 bits per heavy atom. The summed E-state index contributed by atoms with van der Waals surface area (Å²) in [7, 11) is 0. The second-order valence-electron chi connectivity index (χ2n) is 3.55. The molecule has 0 atom stereocenters. The summed E-state index contributed by atoms with van der Waals surface area (Å²) < 4.78 is 10.6. The van der Waals surface area contributed by atoms with Gasteiger partial charge in [0, 0.05) is 18.3 Å². The Balaban J connectivity index is 1.71. The molecule has 0 N–H and O–H groups in total. The van der Waals surface area contributed by atoms with E-state index in [1.54, 1.807) is 18.3 Å². The first-order valence-corrected chi connectivity index (χ1v) is 5.40. The number of pyridine rings is 1. The van der Waals surface area contributed by atoms with Gasteiger partial charge in [0.15, 0.2) is 12.0 Å². The number of furan rings is 1. The van der Waals surface area contributed by atoms with Crippen molar-refractivity contribution >= 4 is 6.29 Å². The van der Waals surface area contributed by atoms with Gasteiger partial charge in [-0.3, -0.25) is 9.78 Å². The van der Waals surface area contributed by atoms with E-state index in [-0.39, 0.29) is 0 Å². The van der Waals surface area contributed by atoms with Gasteiger partial charge in [0.05, 0.1) is 6.61 Å². The van der Waals surface area contributed by atoms with Gasteiger partial charge < -0.3 is 9.15 Å². The molecule has 2 aromatic rings. The molecule has 2 rings (SSSR count). The summed E-state index contributed by atoms with van der Waals surface area (Å²) in [5.41, 5.74) is 1.00. The number of hydrogen-bond acceptors (Lipinski definition) is 4. The zero-order valence-corrected chi connectivity index (χ0v) is 9.33. The fraction of sp³-hybridized carbons (Fsp3) is 0.231. The smallest absolute Gasteiger partial charge is 0.185 e. The van der Waals surface area contributed by atoms with Gasteiger partial charge in [-0.2, -0.15) is 0 Å². The average molecular weight is 231 g/mol. The van der Waals surface area contributed by atoms with Crippen LogP contribution in [0.4, 0.5) is 0 Å². The Morgan fingerprint density at radius 1 is 1.29 bits per heavy atom. The van der Waals surface area contributed by atoms with Crippen molar-refractivity contribution in [2.24, 2.45) is 0 Å². The molecule has 4 nitrogen and oxygen atoms in total. The van der Waals surface area contributed by atoms with Crippen molar-refractivity contribution in [3.63, 3.8) is 0 Å². The quantitative estimate of drug-likeness (QED) is 0.565. The van der Waals surface area contributed by atoms with E-state index in [1.807, 2.05) is 18.2 Å². The molecule has 17 heavy (non-hydrogen) atoms. The average Bonchev–Trinajstić information content (AvgIpc) is 2.84. The van der Waals surface area contributed by atoms with Crippen LogP contribution in [-0.4, -0.2) is 17.9 Å². The summed E-state index contributed by atoms with van der Waals surface area (Å²) in [6, 6.07) is 9.16. The Morgan fingerprint density at radius 3 is 2.94 bits per heavy atom. The number of hydrogen-bond donors (Lipinski definition) is 0. The highest BCUT2D eigenvalue weighted by molar-refractivity contribution is 5.70. The maximum Gasteiger partial charge on any atom is 0.185 e. The molecule has 0 aromatic carbocycles. The highest BCUT2D eigenvalue weighted by Crippen LogP contribution is 2.07. The topological polar surface area (TPSA) is 52.3 Å². The van der Waals surface area contributed by atoms with E-state index in [0.29, 0.717) is 31.0 Å². The molecule has 0 spiro atoms. The standard InChI is InChI=1S/C13H13NO3/c15-9-12-4-5-13(17-12)10-16-8-6-11-3-1-2-7-14-11/h1-5,7,9H,6,8,10H2. The van der Waals surface area contributed by atoms with Crippen LogP contribution in [-0.2, 0) is 17.8 Å². The molecule has 0 fully saturated rings. The van der Waals surface area contributed by atoms with Gasteiger partial charge in [-0.1, -0.05) is 6.07 Å². The number of aromatic nitrogens is 1. The maximum atomic E-state index is 10.4. The number of ether oxygens (including phenoxy) is 1. The molecule has 0 aliphatic rings. The van der Waals surface area contributed by atoms with Crippen LogP contribution < -0.4 is 0 Å². The molecular weight excluding hydrogens is 218 g/mol. The van der Waals surface area contributed by atoms with E-state index in [0.717, 1.165) is 12.1 Å². The fourth-order valence-corrected chi connectivity index (χ4v) is 1.43. The first kappa shape index (κ1) is 11.5. The lowest BCUT2D eigenvalue weighted by Gasteiger charge is -2.01. The van der Waals surface area contributed by atoms with Gasteiger partial charge in [-0.05, 0) is 24.3 Å². The molecule has 2 heterocycles. The summed E-state index contributed by atoms with van der Waals surface area (Å²) in [6.07, 6.45) is 3.21. The van der Waals surface area contributed by atoms with Gasteiger partial charge in [0.1, 0.15) is 12.4 Å². The van der Waals surface area contributed by atoms with Crippen LogP contribution in [0, 0.1) is 0 Å². The van der Waals surface area contributed by atoms with Gasteiger partial charge >= 0.3 is 0 Å². The minimum atomic E-state index is 0.327. The second-order valence-corrected chi connectivity index (χ2v) is 3.55. The van der Waals surface area contributed by atoms with E-state index in [2.05, 4.69) is 4.98 Å². The predicted octanol–water partition coefficient (Wildman–Crippen LogP) is 2.25. The van der Waals surface area contributed by atoms with E-state index in [4.69, 9.17) is 9.15 Å². The van der Waals surface area contributed by atoms with E-state index in [1.165, 1.54) is 0 Å². The van der Waals surface area contributed by atoms with Crippen LogP contribution in [0.25, 0.3) is 0 Å². The molecule has 4 heteroatoms. The molecule has 0 bridgehead atoms. The number of carbonyl (C=O) groups is 1. The molecule has 0 radical (unpaired) electrons. The summed E-state index contributed by atoms with van der Waals surface area (Å²) in [5, 5.41) is 0. The normalized spacial score (nSPS) is 10.4. The minimum Gasteiger partial charge on any atom is -0.456 e. The zero-order chi connectivity index (χ0) is 11.9. The molecule has 0 saturated carbocycles. The minimum absolute atomic E-state index is 0.327. The lowest BCUT2D eigenvalue weighted by atomic mass is 10.3. The first-order chi connectivity index (χ1) is 8.38. The van der Waals surface area contributed by atoms with Gasteiger partial charge in [0.25, 0.3) is 0 Å². The van der Waals surface area contributed by atoms with Crippen LogP contribution in [0.2, 0.25) is 0 Å². The van der Waals surface area contributed by atoms with Crippen molar-refractivity contribution in [2.45, 2.75) is 13.0 Å². The number of carbonyl (C=O) groups excluding carboxylic acids is 1. The van der Waals surface area contributed by atoms with Crippen molar-refractivity contribution in [3.8, 4) is 0 Å². The third-order valence-electron chi connectivity index (χ3n) is 2.27. The molecule has 0 amide bonds. The molecule has 0 aliphatic heterocycles. The fourth-order valence-electron chi connectivity index (χ4n) is 1.43. The largest absolute Gasteiger partial charge is 0.456 e. The number of rotatable bonds is 6. The second kappa shape index (κ2) is 5.96. The Labute approximate surface area is 99.2 Å². The highest BCUT2D eigenvalue weighted by Gasteiger charge is 2.01. The molecule has 0 unspecified atom stereocenters. The van der Waals surface area contributed by atoms with E-state index in [9.17, 15) is 4.79 Å². The molecule has 0 aliphatic carbocycles. The lowest BCUT2D eigenvalue weighted by Crippen LogP contribution is -1.99. The van der Waals surface area contributed by atoms with Gasteiger partial charge in [-0.15, -0.1) is 0 Å². The Bertz CT molecular complexity index is 465. The third-order valence-corrected chi connectivity index (χ3v) is 2.27. The maximum absolute atomic E-state index is 10.4. The molecule has 2 aromatic heterocycles. The number of aldehydes is 1. The summed E-state index contributed by atoms with van der Waals surface area (Å²) >= 11 is 0. The monoisotopic (exact) mass is 231 g/mol. The first-order valence-electron chi connectivity index (χ1n) is 5.40. The van der Waals surface area contributed by atoms with Crippen molar-refractivity contribution < 1.29 is 13.9 Å². The van der Waals surface area contributed by atoms with Crippen LogP contribution in [0.15, 0.2) is 40.9 Å². The highest BCUT2D eigenvalue weighted by atomic mass is 16.5. The van der Waals surface area contributed by atoms with Crippen LogP contribution in [0.3, 0.4) is 0 Å². The summed E-state index contributed by atoms with van der Waals surface area (Å²) in [6.45, 7) is 0.953. The van der Waals surface area contributed by atoms with E-state index < -0.39 is 0 Å². The van der Waals surface area contributed by atoms with Gasteiger partial charge in [0.2, 0.25) is 0 Å². The van der Waals surface area contributed by atoms with Crippen LogP contribution >= 0.6 is 0 Å². The van der Waals surface area contributed by atoms with E-state index >= 15 is 0 Å². The molecule has 88 valence electrons. The third kappa shape index (κ3) is 3.53.